The number of carbonyl (C=O) groups excluding carboxylic acids is 1. The quantitative estimate of drug-likeness (QED) is 0.781. The molecular weight excluding hydrogens is 240 g/mol. The molecule has 3 nitrogen and oxygen atoms in total. The molecule has 19 heavy (non-hydrogen) atoms. The zero-order valence-corrected chi connectivity index (χ0v) is 11.7. The Hall–Kier alpha value is -1.35. The van der Waals surface area contributed by atoms with Crippen molar-refractivity contribution in [2.24, 2.45) is 5.92 Å². The predicted octanol–water partition coefficient (Wildman–Crippen LogP) is 3.32. The Kier molecular flexibility index (Phi) is 4.97. The lowest BCUT2D eigenvalue weighted by Gasteiger charge is -2.31. The molecule has 1 fully saturated rings. The van der Waals surface area contributed by atoms with E-state index in [1.807, 2.05) is 30.3 Å². The first-order valence-electron chi connectivity index (χ1n) is 7.03. The molecule has 1 aliphatic heterocycles. The molecule has 0 aliphatic carbocycles. The van der Waals surface area contributed by atoms with Crippen LogP contribution in [-0.4, -0.2) is 18.2 Å². The minimum Gasteiger partial charge on any atom is -0.459 e. The van der Waals surface area contributed by atoms with E-state index < -0.39 is 0 Å². The van der Waals surface area contributed by atoms with E-state index in [9.17, 15) is 4.79 Å². The first-order valence-corrected chi connectivity index (χ1v) is 7.03. The monoisotopic (exact) mass is 262 g/mol. The van der Waals surface area contributed by atoms with E-state index in [0.29, 0.717) is 12.5 Å². The van der Waals surface area contributed by atoms with Crippen LogP contribution in [0.2, 0.25) is 0 Å². The van der Waals surface area contributed by atoms with Crippen LogP contribution in [0.25, 0.3) is 0 Å². The molecule has 1 aromatic carbocycles. The summed E-state index contributed by atoms with van der Waals surface area (Å²) in [6.45, 7) is 4.58. The van der Waals surface area contributed by atoms with Crippen molar-refractivity contribution >= 4 is 5.97 Å². The fourth-order valence-electron chi connectivity index (χ4n) is 2.34. The van der Waals surface area contributed by atoms with Gasteiger partial charge in [-0.2, -0.15) is 0 Å². The first kappa shape index (κ1) is 14.1. The third kappa shape index (κ3) is 4.06. The van der Waals surface area contributed by atoms with Gasteiger partial charge >= 0.3 is 5.97 Å². The predicted molar refractivity (Wildman–Crippen MR) is 73.6 cm³/mol. The number of esters is 1. The maximum Gasteiger partial charge on any atom is 0.335 e. The van der Waals surface area contributed by atoms with Gasteiger partial charge in [0, 0.05) is 0 Å². The van der Waals surface area contributed by atoms with Gasteiger partial charge in [-0.05, 0) is 30.7 Å². The molecule has 2 atom stereocenters. The van der Waals surface area contributed by atoms with E-state index in [2.05, 4.69) is 13.8 Å². The molecule has 1 heterocycles. The molecule has 0 N–H and O–H groups in total. The van der Waals surface area contributed by atoms with E-state index in [0.717, 1.165) is 24.8 Å². The van der Waals surface area contributed by atoms with Crippen molar-refractivity contribution in [3.8, 4) is 0 Å². The van der Waals surface area contributed by atoms with Crippen molar-refractivity contribution in [3.63, 3.8) is 0 Å². The highest BCUT2D eigenvalue weighted by Gasteiger charge is 2.30. The summed E-state index contributed by atoms with van der Waals surface area (Å²) >= 11 is 0. The van der Waals surface area contributed by atoms with Crippen LogP contribution in [0, 0.1) is 5.92 Å². The minimum atomic E-state index is -0.384. The van der Waals surface area contributed by atoms with E-state index >= 15 is 0 Å². The average molecular weight is 262 g/mol. The van der Waals surface area contributed by atoms with E-state index in [1.54, 1.807) is 0 Å². The van der Waals surface area contributed by atoms with Crippen LogP contribution in [0.1, 0.15) is 38.7 Å². The van der Waals surface area contributed by atoms with Gasteiger partial charge in [0.1, 0.15) is 6.61 Å². The molecule has 1 aromatic rings. The standard InChI is InChI=1S/C16H22O3/c1-12(2)14-9-6-10-15(19-14)16(17)18-11-13-7-4-3-5-8-13/h3-5,7-8,12,14-15H,6,9-11H2,1-2H3. The summed E-state index contributed by atoms with van der Waals surface area (Å²) in [7, 11) is 0. The summed E-state index contributed by atoms with van der Waals surface area (Å²) in [4.78, 5) is 12.0. The van der Waals surface area contributed by atoms with Crippen LogP contribution in [0.15, 0.2) is 30.3 Å². The average Bonchev–Trinajstić information content (AvgIpc) is 2.46. The summed E-state index contributed by atoms with van der Waals surface area (Å²) < 4.78 is 11.2. The molecule has 0 saturated carbocycles. The zero-order chi connectivity index (χ0) is 13.7. The molecule has 1 aliphatic rings. The van der Waals surface area contributed by atoms with Crippen molar-refractivity contribution in [3.05, 3.63) is 35.9 Å². The van der Waals surface area contributed by atoms with Crippen molar-refractivity contribution in [1.29, 1.82) is 0 Å². The number of hydrogen-bond donors (Lipinski definition) is 0. The molecule has 2 unspecified atom stereocenters. The van der Waals surface area contributed by atoms with Gasteiger partial charge in [-0.25, -0.2) is 4.79 Å². The lowest BCUT2D eigenvalue weighted by molar-refractivity contribution is -0.169. The maximum absolute atomic E-state index is 12.0. The molecule has 0 aromatic heterocycles. The van der Waals surface area contributed by atoms with E-state index in [-0.39, 0.29) is 18.2 Å². The van der Waals surface area contributed by atoms with E-state index in [4.69, 9.17) is 9.47 Å². The lowest BCUT2D eigenvalue weighted by Crippen LogP contribution is -2.37. The molecule has 0 amide bonds. The van der Waals surface area contributed by atoms with Crippen molar-refractivity contribution in [1.82, 2.24) is 0 Å². The van der Waals surface area contributed by atoms with E-state index in [1.165, 1.54) is 0 Å². The third-order valence-corrected chi connectivity index (χ3v) is 3.52. The van der Waals surface area contributed by atoms with Gasteiger partial charge in [-0.3, -0.25) is 0 Å². The van der Waals surface area contributed by atoms with Crippen LogP contribution in [-0.2, 0) is 20.9 Å². The fraction of sp³-hybridized carbons (Fsp3) is 0.562. The van der Waals surface area contributed by atoms with Crippen molar-refractivity contribution in [2.45, 2.75) is 51.9 Å². The Bertz CT molecular complexity index is 400. The first-order chi connectivity index (χ1) is 9.16. The lowest BCUT2D eigenvalue weighted by atomic mass is 9.96. The topological polar surface area (TPSA) is 35.5 Å². The number of rotatable bonds is 4. The summed E-state index contributed by atoms with van der Waals surface area (Å²) in [6, 6.07) is 9.73. The Morgan fingerprint density at radius 1 is 1.32 bits per heavy atom. The van der Waals surface area contributed by atoms with Gasteiger partial charge in [0.25, 0.3) is 0 Å². The molecule has 0 radical (unpaired) electrons. The minimum absolute atomic E-state index is 0.183. The largest absolute Gasteiger partial charge is 0.459 e. The van der Waals surface area contributed by atoms with Gasteiger partial charge in [0.15, 0.2) is 6.10 Å². The zero-order valence-electron chi connectivity index (χ0n) is 11.7. The van der Waals surface area contributed by atoms with Gasteiger partial charge < -0.3 is 9.47 Å². The Balaban J connectivity index is 1.83. The third-order valence-electron chi connectivity index (χ3n) is 3.52. The number of benzene rings is 1. The maximum atomic E-state index is 12.0. The fourth-order valence-corrected chi connectivity index (χ4v) is 2.34. The molecule has 2 rings (SSSR count). The Morgan fingerprint density at radius 2 is 2.05 bits per heavy atom. The summed E-state index contributed by atoms with van der Waals surface area (Å²) in [6.07, 6.45) is 2.65. The normalized spacial score (nSPS) is 23.3. The van der Waals surface area contributed by atoms with Crippen LogP contribution >= 0.6 is 0 Å². The number of carbonyl (C=O) groups is 1. The number of hydrogen-bond acceptors (Lipinski definition) is 3. The van der Waals surface area contributed by atoms with Crippen LogP contribution in [0.4, 0.5) is 0 Å². The smallest absolute Gasteiger partial charge is 0.335 e. The Labute approximate surface area is 114 Å². The van der Waals surface area contributed by atoms with Gasteiger partial charge in [0.2, 0.25) is 0 Å². The van der Waals surface area contributed by atoms with Gasteiger partial charge in [-0.15, -0.1) is 0 Å². The van der Waals surface area contributed by atoms with Crippen molar-refractivity contribution in [2.75, 3.05) is 0 Å². The highest BCUT2D eigenvalue weighted by atomic mass is 16.6. The second-order valence-electron chi connectivity index (χ2n) is 5.43. The van der Waals surface area contributed by atoms with Crippen molar-refractivity contribution < 1.29 is 14.3 Å². The molecule has 1 saturated heterocycles. The molecular formula is C16H22O3. The molecule has 0 bridgehead atoms. The second kappa shape index (κ2) is 6.71. The summed E-state index contributed by atoms with van der Waals surface area (Å²) in [5.74, 6) is 0.221. The SMILES string of the molecule is CC(C)C1CCCC(C(=O)OCc2ccccc2)O1. The van der Waals surface area contributed by atoms with Crippen LogP contribution < -0.4 is 0 Å². The molecule has 3 heteroatoms. The Morgan fingerprint density at radius 3 is 2.74 bits per heavy atom. The number of ether oxygens (including phenoxy) is 2. The summed E-state index contributed by atoms with van der Waals surface area (Å²) in [5, 5.41) is 0. The molecule has 104 valence electrons. The van der Waals surface area contributed by atoms with Gasteiger partial charge in [-0.1, -0.05) is 44.2 Å². The van der Waals surface area contributed by atoms with Crippen LogP contribution in [0.5, 0.6) is 0 Å². The highest BCUT2D eigenvalue weighted by Crippen LogP contribution is 2.24. The highest BCUT2D eigenvalue weighted by molar-refractivity contribution is 5.74. The summed E-state index contributed by atoms with van der Waals surface area (Å²) in [5.41, 5.74) is 1.01. The second-order valence-corrected chi connectivity index (χ2v) is 5.43. The molecule has 0 spiro atoms. The van der Waals surface area contributed by atoms with Gasteiger partial charge in [0.05, 0.1) is 6.10 Å². The van der Waals surface area contributed by atoms with Crippen LogP contribution in [0.3, 0.4) is 0 Å².